The van der Waals surface area contributed by atoms with Gasteiger partial charge in [0.15, 0.2) is 5.82 Å². The summed E-state index contributed by atoms with van der Waals surface area (Å²) >= 11 is 0. The van der Waals surface area contributed by atoms with Crippen LogP contribution >= 0.6 is 0 Å². The van der Waals surface area contributed by atoms with Crippen LogP contribution in [-0.4, -0.2) is 24.0 Å². The highest BCUT2D eigenvalue weighted by Gasteiger charge is 2.17. The van der Waals surface area contributed by atoms with Gasteiger partial charge >= 0.3 is 0 Å². The van der Waals surface area contributed by atoms with E-state index in [1.54, 1.807) is 14.0 Å². The normalized spacial score (nSPS) is 12.1. The molecule has 7 heteroatoms. The quantitative estimate of drug-likeness (QED) is 0.829. The van der Waals surface area contributed by atoms with Gasteiger partial charge in [-0.3, -0.25) is 4.72 Å². The molecule has 1 heterocycles. The van der Waals surface area contributed by atoms with Crippen LogP contribution in [0, 0.1) is 12.8 Å². The summed E-state index contributed by atoms with van der Waals surface area (Å²) in [4.78, 5) is 0. The second-order valence-electron chi connectivity index (χ2n) is 4.57. The third-order valence-corrected chi connectivity index (χ3v) is 3.76. The van der Waals surface area contributed by atoms with Crippen molar-refractivity contribution < 1.29 is 8.42 Å². The molecule has 1 aromatic rings. The molecule has 0 saturated carbocycles. The van der Waals surface area contributed by atoms with E-state index in [0.29, 0.717) is 29.5 Å². The van der Waals surface area contributed by atoms with Gasteiger partial charge in [-0.15, -0.1) is 0 Å². The van der Waals surface area contributed by atoms with E-state index in [2.05, 4.69) is 9.82 Å². The minimum atomic E-state index is -3.35. The lowest BCUT2D eigenvalue weighted by molar-refractivity contribution is 0.577. The first-order valence-electron chi connectivity index (χ1n) is 5.52. The summed E-state index contributed by atoms with van der Waals surface area (Å²) in [6.07, 6.45) is 0.617. The molecule has 0 spiro atoms. The molecular formula is C10H20N4O2S. The molecule has 0 aliphatic heterocycles. The first-order valence-corrected chi connectivity index (χ1v) is 7.17. The van der Waals surface area contributed by atoms with E-state index in [9.17, 15) is 8.42 Å². The molecule has 3 N–H and O–H groups in total. The standard InChI is InChI=1S/C10H20N4O2S/c1-7(2)5-6-17(15,16)13-10-9(11)8(3)12-14(10)4/h7,13H,5-6,11H2,1-4H3. The average molecular weight is 260 g/mol. The number of sulfonamides is 1. The van der Waals surface area contributed by atoms with E-state index in [0.717, 1.165) is 0 Å². The summed E-state index contributed by atoms with van der Waals surface area (Å²) in [6.45, 7) is 5.71. The highest BCUT2D eigenvalue weighted by atomic mass is 32.2. The number of hydrogen-bond acceptors (Lipinski definition) is 4. The molecule has 0 bridgehead atoms. The molecule has 0 radical (unpaired) electrons. The SMILES string of the molecule is Cc1nn(C)c(NS(=O)(=O)CCC(C)C)c1N. The fraction of sp³-hybridized carbons (Fsp3) is 0.700. The van der Waals surface area contributed by atoms with Crippen LogP contribution in [0.15, 0.2) is 0 Å². The van der Waals surface area contributed by atoms with Gasteiger partial charge in [-0.2, -0.15) is 5.10 Å². The van der Waals surface area contributed by atoms with E-state index in [1.807, 2.05) is 13.8 Å². The molecule has 1 aromatic heterocycles. The summed E-state index contributed by atoms with van der Waals surface area (Å²) in [5.41, 5.74) is 6.75. The Morgan fingerprint density at radius 1 is 1.47 bits per heavy atom. The van der Waals surface area contributed by atoms with Crippen molar-refractivity contribution in [3.8, 4) is 0 Å². The van der Waals surface area contributed by atoms with Crippen LogP contribution in [0.4, 0.5) is 11.5 Å². The number of aryl methyl sites for hydroxylation is 2. The number of nitrogen functional groups attached to an aromatic ring is 1. The fourth-order valence-corrected chi connectivity index (χ4v) is 2.81. The Balaban J connectivity index is 2.83. The van der Waals surface area contributed by atoms with Gasteiger partial charge in [-0.05, 0) is 19.3 Å². The summed E-state index contributed by atoms with van der Waals surface area (Å²) < 4.78 is 27.5. The molecular weight excluding hydrogens is 240 g/mol. The Labute approximate surface area is 102 Å². The van der Waals surface area contributed by atoms with Gasteiger partial charge < -0.3 is 5.73 Å². The maximum absolute atomic E-state index is 11.8. The Hall–Kier alpha value is -1.24. The van der Waals surface area contributed by atoms with Crippen molar-refractivity contribution in [1.82, 2.24) is 9.78 Å². The van der Waals surface area contributed by atoms with Gasteiger partial charge in [0.05, 0.1) is 17.1 Å². The zero-order chi connectivity index (χ0) is 13.2. The Morgan fingerprint density at radius 3 is 2.47 bits per heavy atom. The van der Waals surface area contributed by atoms with E-state index >= 15 is 0 Å². The summed E-state index contributed by atoms with van der Waals surface area (Å²) in [7, 11) is -1.70. The van der Waals surface area contributed by atoms with Crippen molar-refractivity contribution in [1.29, 1.82) is 0 Å². The van der Waals surface area contributed by atoms with Crippen LogP contribution < -0.4 is 10.5 Å². The van der Waals surface area contributed by atoms with Gasteiger partial charge in [0, 0.05) is 7.05 Å². The highest BCUT2D eigenvalue weighted by molar-refractivity contribution is 7.92. The summed E-state index contributed by atoms with van der Waals surface area (Å²) in [5.74, 6) is 0.775. The zero-order valence-electron chi connectivity index (χ0n) is 10.7. The maximum atomic E-state index is 11.8. The average Bonchev–Trinajstić information content (AvgIpc) is 2.42. The number of rotatable bonds is 5. The van der Waals surface area contributed by atoms with E-state index < -0.39 is 10.0 Å². The van der Waals surface area contributed by atoms with Gasteiger partial charge in [-0.25, -0.2) is 13.1 Å². The van der Waals surface area contributed by atoms with Crippen molar-refractivity contribution in [2.45, 2.75) is 27.2 Å². The smallest absolute Gasteiger partial charge is 0.233 e. The molecule has 0 aliphatic rings. The molecule has 17 heavy (non-hydrogen) atoms. The third-order valence-electron chi connectivity index (χ3n) is 2.48. The number of nitrogens with one attached hydrogen (secondary N) is 1. The highest BCUT2D eigenvalue weighted by Crippen LogP contribution is 2.22. The lowest BCUT2D eigenvalue weighted by Crippen LogP contribution is -2.20. The molecule has 0 atom stereocenters. The van der Waals surface area contributed by atoms with Gasteiger partial charge in [0.25, 0.3) is 0 Å². The first-order chi connectivity index (χ1) is 7.73. The van der Waals surface area contributed by atoms with Crippen LogP contribution in [0.5, 0.6) is 0 Å². The minimum absolute atomic E-state index is 0.0916. The molecule has 98 valence electrons. The van der Waals surface area contributed by atoms with Crippen LogP contribution in [0.25, 0.3) is 0 Å². The Kier molecular flexibility index (Phi) is 4.03. The van der Waals surface area contributed by atoms with Gasteiger partial charge in [0.1, 0.15) is 0 Å². The van der Waals surface area contributed by atoms with Crippen molar-refractivity contribution >= 4 is 21.5 Å². The lowest BCUT2D eigenvalue weighted by Gasteiger charge is -2.10. The molecule has 0 fully saturated rings. The largest absolute Gasteiger partial charge is 0.394 e. The van der Waals surface area contributed by atoms with E-state index in [4.69, 9.17) is 5.73 Å². The van der Waals surface area contributed by atoms with E-state index in [-0.39, 0.29) is 5.75 Å². The van der Waals surface area contributed by atoms with Gasteiger partial charge in [0.2, 0.25) is 10.0 Å². The second-order valence-corrected chi connectivity index (χ2v) is 6.42. The Morgan fingerprint density at radius 2 is 2.06 bits per heavy atom. The lowest BCUT2D eigenvalue weighted by atomic mass is 10.2. The molecule has 0 aromatic carbocycles. The van der Waals surface area contributed by atoms with Crippen molar-refractivity contribution in [2.75, 3.05) is 16.2 Å². The second kappa shape index (κ2) is 4.95. The van der Waals surface area contributed by atoms with E-state index in [1.165, 1.54) is 4.68 Å². The maximum Gasteiger partial charge on any atom is 0.233 e. The number of anilines is 2. The molecule has 0 aliphatic carbocycles. The number of aromatic nitrogens is 2. The van der Waals surface area contributed by atoms with Crippen LogP contribution in [-0.2, 0) is 17.1 Å². The monoisotopic (exact) mass is 260 g/mol. The molecule has 0 amide bonds. The first kappa shape index (κ1) is 13.8. The Bertz CT molecular complexity index is 491. The zero-order valence-corrected chi connectivity index (χ0v) is 11.5. The van der Waals surface area contributed by atoms with Crippen LogP contribution in [0.1, 0.15) is 26.0 Å². The molecule has 6 nitrogen and oxygen atoms in total. The molecule has 0 saturated heterocycles. The van der Waals surface area contributed by atoms with Crippen molar-refractivity contribution in [3.63, 3.8) is 0 Å². The van der Waals surface area contributed by atoms with Crippen molar-refractivity contribution in [2.24, 2.45) is 13.0 Å². The summed E-state index contributed by atoms with van der Waals surface area (Å²) in [5, 5.41) is 4.05. The number of nitrogens with zero attached hydrogens (tertiary/aromatic N) is 2. The third kappa shape index (κ3) is 3.62. The summed E-state index contributed by atoms with van der Waals surface area (Å²) in [6, 6.07) is 0. The van der Waals surface area contributed by atoms with Crippen LogP contribution in [0.2, 0.25) is 0 Å². The van der Waals surface area contributed by atoms with Crippen molar-refractivity contribution in [3.05, 3.63) is 5.69 Å². The number of nitrogens with two attached hydrogens (primary N) is 1. The van der Waals surface area contributed by atoms with Gasteiger partial charge in [-0.1, -0.05) is 13.8 Å². The van der Waals surface area contributed by atoms with Crippen LogP contribution in [0.3, 0.4) is 0 Å². The predicted octanol–water partition coefficient (Wildman–Crippen LogP) is 1.10. The fourth-order valence-electron chi connectivity index (χ4n) is 1.38. The topological polar surface area (TPSA) is 90.0 Å². The minimum Gasteiger partial charge on any atom is -0.394 e. The molecule has 1 rings (SSSR count). The number of hydrogen-bond donors (Lipinski definition) is 2. The predicted molar refractivity (Wildman–Crippen MR) is 69.2 cm³/mol. The molecule has 0 unspecified atom stereocenters.